The summed E-state index contributed by atoms with van der Waals surface area (Å²) in [6.07, 6.45) is 0.218. The Morgan fingerprint density at radius 3 is 2.10 bits per heavy atom. The van der Waals surface area contributed by atoms with Crippen molar-refractivity contribution in [2.75, 3.05) is 0 Å². The molecule has 0 bridgehead atoms. The zero-order chi connectivity index (χ0) is 15.2. The molecule has 0 aliphatic rings. The van der Waals surface area contributed by atoms with Gasteiger partial charge < -0.3 is 10.1 Å². The van der Waals surface area contributed by atoms with Crippen molar-refractivity contribution in [1.82, 2.24) is 5.32 Å². The summed E-state index contributed by atoms with van der Waals surface area (Å²) in [6.45, 7) is 9.25. The van der Waals surface area contributed by atoms with E-state index >= 15 is 0 Å². The van der Waals surface area contributed by atoms with Gasteiger partial charge >= 0.3 is 0 Å². The largest absolute Gasteiger partial charge is 0.491 e. The van der Waals surface area contributed by atoms with Crippen molar-refractivity contribution in [3.05, 3.63) is 65.2 Å². The lowest BCUT2D eigenvalue weighted by Crippen LogP contribution is -2.18. The Balaban J connectivity index is 1.88. The fourth-order valence-corrected chi connectivity index (χ4v) is 2.20. The average molecular weight is 283 g/mol. The zero-order valence-electron chi connectivity index (χ0n) is 13.4. The molecule has 21 heavy (non-hydrogen) atoms. The quantitative estimate of drug-likeness (QED) is 0.834. The van der Waals surface area contributed by atoms with Crippen LogP contribution in [-0.4, -0.2) is 6.10 Å². The summed E-state index contributed by atoms with van der Waals surface area (Å²) in [4.78, 5) is 0. The van der Waals surface area contributed by atoms with Crippen LogP contribution >= 0.6 is 0 Å². The molecule has 0 amide bonds. The number of benzene rings is 2. The molecule has 2 heteroatoms. The third kappa shape index (κ3) is 4.91. The first kappa shape index (κ1) is 15.6. The van der Waals surface area contributed by atoms with E-state index in [9.17, 15) is 0 Å². The fraction of sp³-hybridized carbons (Fsp3) is 0.368. The second-order valence-corrected chi connectivity index (χ2v) is 5.82. The van der Waals surface area contributed by atoms with Gasteiger partial charge in [0.25, 0.3) is 0 Å². The molecule has 2 nitrogen and oxygen atoms in total. The first-order valence-electron chi connectivity index (χ1n) is 7.60. The number of hydrogen-bond donors (Lipinski definition) is 1. The van der Waals surface area contributed by atoms with Gasteiger partial charge in [-0.15, -0.1) is 0 Å². The van der Waals surface area contributed by atoms with Crippen LogP contribution in [0.25, 0.3) is 0 Å². The maximum atomic E-state index is 5.65. The summed E-state index contributed by atoms with van der Waals surface area (Å²) in [5.74, 6) is 0.931. The molecule has 0 saturated heterocycles. The molecule has 0 fully saturated rings. The smallest absolute Gasteiger partial charge is 0.119 e. The Labute approximate surface area is 128 Å². The Morgan fingerprint density at radius 2 is 1.52 bits per heavy atom. The topological polar surface area (TPSA) is 21.3 Å². The molecule has 0 aliphatic heterocycles. The standard InChI is InChI=1S/C19H25NO/c1-14(2)21-19-11-7-17(8-12-19)13-20-16(4)18-9-5-15(3)6-10-18/h5-12,14,16,20H,13H2,1-4H3/t16-/m1/s1. The van der Waals surface area contributed by atoms with E-state index in [-0.39, 0.29) is 6.10 Å². The number of hydrogen-bond acceptors (Lipinski definition) is 2. The maximum Gasteiger partial charge on any atom is 0.119 e. The summed E-state index contributed by atoms with van der Waals surface area (Å²) in [5.41, 5.74) is 3.89. The van der Waals surface area contributed by atoms with Crippen LogP contribution in [0.4, 0.5) is 0 Å². The number of rotatable bonds is 6. The molecule has 1 atom stereocenters. The van der Waals surface area contributed by atoms with Crippen LogP contribution < -0.4 is 10.1 Å². The number of nitrogens with one attached hydrogen (secondary N) is 1. The monoisotopic (exact) mass is 283 g/mol. The number of ether oxygens (including phenoxy) is 1. The minimum atomic E-state index is 0.218. The summed E-state index contributed by atoms with van der Waals surface area (Å²) < 4.78 is 5.65. The molecule has 0 spiro atoms. The van der Waals surface area contributed by atoms with Gasteiger partial charge in [0.15, 0.2) is 0 Å². The van der Waals surface area contributed by atoms with E-state index in [0.717, 1.165) is 12.3 Å². The molecule has 0 aromatic heterocycles. The van der Waals surface area contributed by atoms with Gasteiger partial charge in [-0.3, -0.25) is 0 Å². The molecule has 112 valence electrons. The van der Waals surface area contributed by atoms with Crippen LogP contribution in [-0.2, 0) is 6.54 Å². The molecule has 0 heterocycles. The molecule has 1 N–H and O–H groups in total. The lowest BCUT2D eigenvalue weighted by molar-refractivity contribution is 0.242. The van der Waals surface area contributed by atoms with Gasteiger partial charge in [-0.05, 0) is 51.0 Å². The van der Waals surface area contributed by atoms with E-state index in [1.165, 1.54) is 16.7 Å². The fourth-order valence-electron chi connectivity index (χ4n) is 2.20. The Hall–Kier alpha value is -1.80. The second-order valence-electron chi connectivity index (χ2n) is 5.82. The lowest BCUT2D eigenvalue weighted by Gasteiger charge is -2.15. The highest BCUT2D eigenvalue weighted by Gasteiger charge is 2.04. The van der Waals surface area contributed by atoms with Crippen molar-refractivity contribution in [1.29, 1.82) is 0 Å². The predicted octanol–water partition coefficient (Wildman–Crippen LogP) is 4.63. The summed E-state index contributed by atoms with van der Waals surface area (Å²) >= 11 is 0. The van der Waals surface area contributed by atoms with Gasteiger partial charge in [0.1, 0.15) is 5.75 Å². The van der Waals surface area contributed by atoms with Crippen molar-refractivity contribution >= 4 is 0 Å². The summed E-state index contributed by atoms with van der Waals surface area (Å²) in [6, 6.07) is 17.3. The van der Waals surface area contributed by atoms with Crippen LogP contribution in [0.2, 0.25) is 0 Å². The number of aryl methyl sites for hydroxylation is 1. The Kier molecular flexibility index (Phi) is 5.40. The van der Waals surface area contributed by atoms with Crippen LogP contribution in [0.15, 0.2) is 48.5 Å². The lowest BCUT2D eigenvalue weighted by atomic mass is 10.1. The van der Waals surface area contributed by atoms with Crippen molar-refractivity contribution < 1.29 is 4.74 Å². The van der Waals surface area contributed by atoms with E-state index in [1.807, 2.05) is 26.0 Å². The molecule has 0 saturated carbocycles. The normalized spacial score (nSPS) is 12.4. The first-order valence-corrected chi connectivity index (χ1v) is 7.60. The van der Waals surface area contributed by atoms with Gasteiger partial charge in [-0.1, -0.05) is 42.0 Å². The van der Waals surface area contributed by atoms with Gasteiger partial charge in [0.05, 0.1) is 6.10 Å². The van der Waals surface area contributed by atoms with E-state index in [2.05, 4.69) is 55.6 Å². The van der Waals surface area contributed by atoms with Crippen molar-refractivity contribution in [2.45, 2.75) is 46.4 Å². The molecular formula is C19H25NO. The SMILES string of the molecule is Cc1ccc([C@@H](C)NCc2ccc(OC(C)C)cc2)cc1. The van der Waals surface area contributed by atoms with E-state index in [1.54, 1.807) is 0 Å². The molecular weight excluding hydrogens is 258 g/mol. The highest BCUT2D eigenvalue weighted by molar-refractivity contribution is 5.28. The predicted molar refractivity (Wildman–Crippen MR) is 88.6 cm³/mol. The third-order valence-electron chi connectivity index (χ3n) is 3.48. The maximum absolute atomic E-state index is 5.65. The Morgan fingerprint density at radius 1 is 0.905 bits per heavy atom. The van der Waals surface area contributed by atoms with E-state index in [4.69, 9.17) is 4.74 Å². The summed E-state index contributed by atoms with van der Waals surface area (Å²) in [5, 5.41) is 3.55. The molecule has 2 rings (SSSR count). The summed E-state index contributed by atoms with van der Waals surface area (Å²) in [7, 11) is 0. The molecule has 0 radical (unpaired) electrons. The third-order valence-corrected chi connectivity index (χ3v) is 3.48. The van der Waals surface area contributed by atoms with Crippen LogP contribution in [0.3, 0.4) is 0 Å². The van der Waals surface area contributed by atoms with Crippen molar-refractivity contribution in [3.63, 3.8) is 0 Å². The van der Waals surface area contributed by atoms with Gasteiger partial charge in [-0.2, -0.15) is 0 Å². The van der Waals surface area contributed by atoms with Crippen LogP contribution in [0.5, 0.6) is 5.75 Å². The van der Waals surface area contributed by atoms with Crippen LogP contribution in [0, 0.1) is 6.92 Å². The van der Waals surface area contributed by atoms with Gasteiger partial charge in [-0.25, -0.2) is 0 Å². The first-order chi connectivity index (χ1) is 10.0. The highest BCUT2D eigenvalue weighted by atomic mass is 16.5. The van der Waals surface area contributed by atoms with E-state index < -0.39 is 0 Å². The minimum absolute atomic E-state index is 0.218. The average Bonchev–Trinajstić information content (AvgIpc) is 2.46. The Bertz CT molecular complexity index is 543. The zero-order valence-corrected chi connectivity index (χ0v) is 13.4. The minimum Gasteiger partial charge on any atom is -0.491 e. The molecule has 2 aromatic rings. The highest BCUT2D eigenvalue weighted by Crippen LogP contribution is 2.16. The van der Waals surface area contributed by atoms with E-state index in [0.29, 0.717) is 6.04 Å². The van der Waals surface area contributed by atoms with Gasteiger partial charge in [0.2, 0.25) is 0 Å². The molecule has 0 aliphatic carbocycles. The van der Waals surface area contributed by atoms with Gasteiger partial charge in [0, 0.05) is 12.6 Å². The van der Waals surface area contributed by atoms with Crippen molar-refractivity contribution in [2.24, 2.45) is 0 Å². The van der Waals surface area contributed by atoms with Crippen LogP contribution in [0.1, 0.15) is 43.5 Å². The molecule has 2 aromatic carbocycles. The second kappa shape index (κ2) is 7.28. The van der Waals surface area contributed by atoms with Crippen molar-refractivity contribution in [3.8, 4) is 5.75 Å². The molecule has 0 unspecified atom stereocenters.